The Kier molecular flexibility index (Phi) is 12.1. The molecule has 0 aliphatic heterocycles. The van der Waals surface area contributed by atoms with Gasteiger partial charge in [-0.15, -0.1) is 0 Å². The second-order valence-corrected chi connectivity index (χ2v) is 4.00. The van der Waals surface area contributed by atoms with Gasteiger partial charge in [0.1, 0.15) is 0 Å². The molecule has 0 aromatic carbocycles. The van der Waals surface area contributed by atoms with Crippen LogP contribution in [0.25, 0.3) is 0 Å². The second kappa shape index (κ2) is 10.7. The van der Waals surface area contributed by atoms with Crippen molar-refractivity contribution in [2.24, 2.45) is 11.7 Å². The molecule has 22 heavy (non-hydrogen) atoms. The second-order valence-electron chi connectivity index (χ2n) is 4.00. The topological polar surface area (TPSA) is 118 Å². The summed E-state index contributed by atoms with van der Waals surface area (Å²) in [5, 5.41) is 14.2. The molecule has 12 heteroatoms. The number of carbonyl (C=O) groups excluding carboxylic acids is 1. The van der Waals surface area contributed by atoms with E-state index in [0.29, 0.717) is 12.3 Å². The highest BCUT2D eigenvalue weighted by Crippen LogP contribution is 2.13. The number of hydrogen-bond donors (Lipinski definition) is 3. The first kappa shape index (κ1) is 25.0. The van der Waals surface area contributed by atoms with Gasteiger partial charge < -0.3 is 15.9 Å². The van der Waals surface area contributed by atoms with Crippen molar-refractivity contribution in [3.63, 3.8) is 0 Å². The minimum atomic E-state index is -5.08. The van der Waals surface area contributed by atoms with E-state index in [4.69, 9.17) is 25.5 Å². The van der Waals surface area contributed by atoms with Crippen LogP contribution < -0.4 is 5.73 Å². The van der Waals surface area contributed by atoms with Gasteiger partial charge in [0, 0.05) is 6.42 Å². The first-order valence-electron chi connectivity index (χ1n) is 5.40. The molecule has 6 nitrogen and oxygen atoms in total. The molecule has 0 spiro atoms. The summed E-state index contributed by atoms with van der Waals surface area (Å²) in [4.78, 5) is 27.9. The maximum absolute atomic E-state index is 10.6. The summed E-state index contributed by atoms with van der Waals surface area (Å²) >= 11 is 0. The van der Waals surface area contributed by atoms with Crippen molar-refractivity contribution in [2.45, 2.75) is 39.0 Å². The zero-order valence-corrected chi connectivity index (χ0v) is 11.5. The van der Waals surface area contributed by atoms with Crippen LogP contribution in [0.4, 0.5) is 26.3 Å². The van der Waals surface area contributed by atoms with E-state index in [1.165, 1.54) is 0 Å². The van der Waals surface area contributed by atoms with Gasteiger partial charge in [0.25, 0.3) is 0 Å². The third kappa shape index (κ3) is 23.1. The lowest BCUT2D eigenvalue weighted by molar-refractivity contribution is -0.193. The van der Waals surface area contributed by atoms with Crippen LogP contribution in [-0.2, 0) is 14.4 Å². The fourth-order valence-electron chi connectivity index (χ4n) is 0.431. The predicted octanol–water partition coefficient (Wildman–Crippen LogP) is 2.17. The smallest absolute Gasteiger partial charge is 0.475 e. The number of halogens is 6. The first-order valence-corrected chi connectivity index (χ1v) is 5.40. The number of hydrogen-bond acceptors (Lipinski definition) is 3. The molecule has 0 rings (SSSR count). The standard InChI is InChI=1S/C6H13NO.2C2HF3O2/c1-5(2)3-4-6(7)8;2*3-2(4,5)1(6)7/h5H,3-4H2,1-2H3,(H2,7,8);2*(H,6,7). The molecule has 0 saturated heterocycles. The molecule has 4 N–H and O–H groups in total. The number of carboxylic acids is 2. The Morgan fingerprint density at radius 3 is 1.18 bits per heavy atom. The average Bonchev–Trinajstić information content (AvgIpc) is 2.25. The summed E-state index contributed by atoms with van der Waals surface area (Å²) in [5.41, 5.74) is 4.90. The number of carbonyl (C=O) groups is 3. The highest BCUT2D eigenvalue weighted by atomic mass is 19.4. The van der Waals surface area contributed by atoms with Crippen molar-refractivity contribution in [1.82, 2.24) is 0 Å². The van der Waals surface area contributed by atoms with Crippen molar-refractivity contribution in [3.8, 4) is 0 Å². The van der Waals surface area contributed by atoms with E-state index < -0.39 is 24.3 Å². The molecule has 0 aliphatic carbocycles. The molecule has 0 atom stereocenters. The molecule has 0 aromatic heterocycles. The quantitative estimate of drug-likeness (QED) is 0.679. The van der Waals surface area contributed by atoms with Gasteiger partial charge in [0.15, 0.2) is 0 Å². The molecular formula is C10H15F6NO5. The van der Waals surface area contributed by atoms with Gasteiger partial charge in [-0.25, -0.2) is 9.59 Å². The molecule has 0 unspecified atom stereocenters. The first-order chi connectivity index (χ1) is 9.51. The number of amides is 1. The van der Waals surface area contributed by atoms with Crippen LogP contribution >= 0.6 is 0 Å². The number of alkyl halides is 6. The van der Waals surface area contributed by atoms with Gasteiger partial charge in [-0.3, -0.25) is 4.79 Å². The monoisotopic (exact) mass is 343 g/mol. The highest BCUT2D eigenvalue weighted by Gasteiger charge is 2.38. The Balaban J connectivity index is -0.000000247. The zero-order valence-electron chi connectivity index (χ0n) is 11.5. The van der Waals surface area contributed by atoms with Crippen molar-refractivity contribution < 1.29 is 50.9 Å². The van der Waals surface area contributed by atoms with Gasteiger partial charge in [0.05, 0.1) is 0 Å². The lowest BCUT2D eigenvalue weighted by atomic mass is 10.1. The van der Waals surface area contributed by atoms with Gasteiger partial charge >= 0.3 is 24.3 Å². The molecule has 0 aromatic rings. The lowest BCUT2D eigenvalue weighted by Gasteiger charge is -1.98. The number of carboxylic acid groups (broad SMARTS) is 2. The maximum atomic E-state index is 10.6. The van der Waals surface area contributed by atoms with E-state index in [1.54, 1.807) is 0 Å². The van der Waals surface area contributed by atoms with E-state index in [0.717, 1.165) is 6.42 Å². The third-order valence-corrected chi connectivity index (χ3v) is 1.45. The van der Waals surface area contributed by atoms with Gasteiger partial charge in [-0.05, 0) is 12.3 Å². The Morgan fingerprint density at radius 1 is 0.909 bits per heavy atom. The Labute approximate surface area is 120 Å². The van der Waals surface area contributed by atoms with Crippen molar-refractivity contribution in [1.29, 1.82) is 0 Å². The van der Waals surface area contributed by atoms with Crippen LogP contribution in [0.15, 0.2) is 0 Å². The SMILES string of the molecule is CC(C)CCC(N)=O.O=C(O)C(F)(F)F.O=C(O)C(F)(F)F. The van der Waals surface area contributed by atoms with Crippen molar-refractivity contribution in [3.05, 3.63) is 0 Å². The average molecular weight is 343 g/mol. The van der Waals surface area contributed by atoms with Crippen LogP contribution in [0, 0.1) is 5.92 Å². The molecule has 0 saturated carbocycles. The van der Waals surface area contributed by atoms with Crippen LogP contribution in [0.2, 0.25) is 0 Å². The van der Waals surface area contributed by atoms with Crippen LogP contribution in [0.3, 0.4) is 0 Å². The summed E-state index contributed by atoms with van der Waals surface area (Å²) in [6.07, 6.45) is -8.73. The summed E-state index contributed by atoms with van der Waals surface area (Å²) in [5.74, 6) is -5.12. The minimum Gasteiger partial charge on any atom is -0.475 e. The van der Waals surface area contributed by atoms with E-state index in [9.17, 15) is 31.1 Å². The molecule has 132 valence electrons. The molecule has 1 amide bonds. The van der Waals surface area contributed by atoms with Gasteiger partial charge in [-0.1, -0.05) is 13.8 Å². The maximum Gasteiger partial charge on any atom is 0.490 e. The lowest BCUT2D eigenvalue weighted by Crippen LogP contribution is -2.21. The number of aliphatic carboxylic acids is 2. The number of primary amides is 1. The fourth-order valence-corrected chi connectivity index (χ4v) is 0.431. The van der Waals surface area contributed by atoms with Crippen molar-refractivity contribution >= 4 is 17.8 Å². The summed E-state index contributed by atoms with van der Waals surface area (Å²) in [6.45, 7) is 4.14. The number of nitrogens with two attached hydrogens (primary N) is 1. The van der Waals surface area contributed by atoms with Crippen molar-refractivity contribution in [2.75, 3.05) is 0 Å². The van der Waals surface area contributed by atoms with E-state index in [-0.39, 0.29) is 5.91 Å². The van der Waals surface area contributed by atoms with E-state index in [2.05, 4.69) is 13.8 Å². The molecule has 0 fully saturated rings. The zero-order chi connectivity index (χ0) is 18.7. The minimum absolute atomic E-state index is 0.196. The summed E-state index contributed by atoms with van der Waals surface area (Å²) < 4.78 is 63.5. The summed E-state index contributed by atoms with van der Waals surface area (Å²) in [7, 11) is 0. The summed E-state index contributed by atoms with van der Waals surface area (Å²) in [6, 6.07) is 0. The normalized spacial score (nSPS) is 10.8. The fraction of sp³-hybridized carbons (Fsp3) is 0.700. The van der Waals surface area contributed by atoms with Crippen LogP contribution in [0.1, 0.15) is 26.7 Å². The number of rotatable bonds is 3. The van der Waals surface area contributed by atoms with Gasteiger partial charge in [0.2, 0.25) is 5.91 Å². The molecular weight excluding hydrogens is 328 g/mol. The third-order valence-electron chi connectivity index (χ3n) is 1.45. The van der Waals surface area contributed by atoms with Crippen LogP contribution in [-0.4, -0.2) is 40.4 Å². The van der Waals surface area contributed by atoms with Crippen LogP contribution in [0.5, 0.6) is 0 Å². The molecule has 0 radical (unpaired) electrons. The molecule has 0 bridgehead atoms. The Hall–Kier alpha value is -2.01. The highest BCUT2D eigenvalue weighted by molar-refractivity contribution is 5.73. The largest absolute Gasteiger partial charge is 0.490 e. The molecule has 0 heterocycles. The van der Waals surface area contributed by atoms with E-state index in [1.807, 2.05) is 0 Å². The molecule has 0 aliphatic rings. The van der Waals surface area contributed by atoms with Gasteiger partial charge in [-0.2, -0.15) is 26.3 Å². The predicted molar refractivity (Wildman–Crippen MR) is 60.6 cm³/mol. The van der Waals surface area contributed by atoms with E-state index >= 15 is 0 Å². The Morgan fingerprint density at radius 2 is 1.14 bits per heavy atom. The Bertz CT molecular complexity index is 340.